The van der Waals surface area contributed by atoms with Gasteiger partial charge in [0.05, 0.1) is 5.92 Å². The number of ether oxygens (including phenoxy) is 1. The van der Waals surface area contributed by atoms with Crippen LogP contribution in [0.15, 0.2) is 24.3 Å². The van der Waals surface area contributed by atoms with Crippen LogP contribution in [0.1, 0.15) is 25.7 Å². The molecule has 6 nitrogen and oxygen atoms in total. The van der Waals surface area contributed by atoms with E-state index in [1.807, 2.05) is 4.90 Å². The highest BCUT2D eigenvalue weighted by molar-refractivity contribution is 6.30. The minimum Gasteiger partial charge on any atom is -0.381 e. The number of rotatable bonds is 2. The lowest BCUT2D eigenvalue weighted by Gasteiger charge is -2.38. The van der Waals surface area contributed by atoms with Gasteiger partial charge in [0.15, 0.2) is 0 Å². The van der Waals surface area contributed by atoms with Crippen LogP contribution in [0.5, 0.6) is 0 Å². The van der Waals surface area contributed by atoms with E-state index in [2.05, 4.69) is 5.32 Å². The van der Waals surface area contributed by atoms with Crippen molar-refractivity contribution in [1.82, 2.24) is 9.80 Å². The second kappa shape index (κ2) is 7.68. The third-order valence-electron chi connectivity index (χ3n) is 6.24. The van der Waals surface area contributed by atoms with Crippen LogP contribution >= 0.6 is 11.6 Å². The molecule has 1 N–H and O–H groups in total. The first-order valence-corrected chi connectivity index (χ1v) is 10.1. The summed E-state index contributed by atoms with van der Waals surface area (Å²) in [5, 5.41) is 3.57. The zero-order valence-corrected chi connectivity index (χ0v) is 16.2. The Balaban J connectivity index is 1.50. The molecular weight excluding hydrogens is 366 g/mol. The van der Waals surface area contributed by atoms with Crippen LogP contribution in [0, 0.1) is 11.3 Å². The van der Waals surface area contributed by atoms with Crippen LogP contribution in [0.4, 0.5) is 10.5 Å². The molecule has 4 rings (SSSR count). The summed E-state index contributed by atoms with van der Waals surface area (Å²) in [5.74, 6) is 0.0895. The molecule has 3 amide bonds. The molecule has 146 valence electrons. The van der Waals surface area contributed by atoms with Gasteiger partial charge in [-0.1, -0.05) is 11.6 Å². The first kappa shape index (κ1) is 18.6. The number of hydrogen-bond acceptors (Lipinski definition) is 3. The topological polar surface area (TPSA) is 61.9 Å². The number of carbonyl (C=O) groups excluding carboxylic acids is 2. The molecule has 0 radical (unpaired) electrons. The molecule has 1 aromatic rings. The predicted molar refractivity (Wildman–Crippen MR) is 104 cm³/mol. The second-order valence-corrected chi connectivity index (χ2v) is 8.31. The molecule has 0 saturated carbocycles. The average molecular weight is 392 g/mol. The number of hydrogen-bond donors (Lipinski definition) is 1. The minimum absolute atomic E-state index is 0.129. The molecule has 0 aliphatic carbocycles. The standard InChI is InChI=1S/C20H26ClN3O3/c21-15-3-5-16(6-4-15)22-19(26)24-13-17(18(25)23-9-1-2-10-23)20(14-24)7-11-27-12-8-20/h3-6,17H,1-2,7-14H2,(H,22,26). The van der Waals surface area contributed by atoms with Crippen molar-refractivity contribution in [1.29, 1.82) is 0 Å². The SMILES string of the molecule is O=C(Nc1ccc(Cl)cc1)N1CC(C(=O)N2CCCC2)C2(CCOCC2)C1. The Kier molecular flexibility index (Phi) is 5.28. The lowest BCUT2D eigenvalue weighted by atomic mass is 9.71. The Labute approximate surface area is 164 Å². The molecule has 7 heteroatoms. The van der Waals surface area contributed by atoms with Gasteiger partial charge in [0.25, 0.3) is 0 Å². The van der Waals surface area contributed by atoms with Crippen molar-refractivity contribution in [2.75, 3.05) is 44.7 Å². The number of urea groups is 1. The molecule has 1 spiro atoms. The normalized spacial score (nSPS) is 24.4. The zero-order chi connectivity index (χ0) is 18.9. The van der Waals surface area contributed by atoms with E-state index in [0.29, 0.717) is 37.0 Å². The monoisotopic (exact) mass is 391 g/mol. The van der Waals surface area contributed by atoms with E-state index in [0.717, 1.165) is 38.8 Å². The third kappa shape index (κ3) is 3.78. The van der Waals surface area contributed by atoms with Crippen LogP contribution in [-0.4, -0.2) is 61.1 Å². The maximum Gasteiger partial charge on any atom is 0.321 e. The van der Waals surface area contributed by atoms with Gasteiger partial charge < -0.3 is 19.9 Å². The van der Waals surface area contributed by atoms with Gasteiger partial charge in [-0.15, -0.1) is 0 Å². The number of amides is 3. The molecule has 3 aliphatic rings. The molecule has 1 atom stereocenters. The Morgan fingerprint density at radius 3 is 2.41 bits per heavy atom. The first-order valence-electron chi connectivity index (χ1n) is 9.75. The van der Waals surface area contributed by atoms with E-state index < -0.39 is 0 Å². The lowest BCUT2D eigenvalue weighted by molar-refractivity contribution is -0.139. The maximum atomic E-state index is 13.2. The largest absolute Gasteiger partial charge is 0.381 e. The van der Waals surface area contributed by atoms with E-state index >= 15 is 0 Å². The summed E-state index contributed by atoms with van der Waals surface area (Å²) in [6.45, 7) is 4.11. The molecule has 1 aromatic carbocycles. The van der Waals surface area contributed by atoms with Gasteiger partial charge in [0.2, 0.25) is 5.91 Å². The van der Waals surface area contributed by atoms with Crippen molar-refractivity contribution >= 4 is 29.2 Å². The molecular formula is C20H26ClN3O3. The smallest absolute Gasteiger partial charge is 0.321 e. The fourth-order valence-corrected chi connectivity index (χ4v) is 4.77. The Bertz CT molecular complexity index is 697. The maximum absolute atomic E-state index is 13.2. The predicted octanol–water partition coefficient (Wildman–Crippen LogP) is 3.22. The number of nitrogens with zero attached hydrogens (tertiary/aromatic N) is 2. The number of carbonyl (C=O) groups is 2. The molecule has 0 bridgehead atoms. The zero-order valence-electron chi connectivity index (χ0n) is 15.5. The van der Waals surface area contributed by atoms with Crippen molar-refractivity contribution < 1.29 is 14.3 Å². The van der Waals surface area contributed by atoms with Crippen LogP contribution < -0.4 is 5.32 Å². The first-order chi connectivity index (χ1) is 13.1. The number of halogens is 1. The van der Waals surface area contributed by atoms with Gasteiger partial charge in [-0.3, -0.25) is 4.79 Å². The molecule has 1 unspecified atom stereocenters. The van der Waals surface area contributed by atoms with Gasteiger partial charge in [-0.05, 0) is 49.9 Å². The molecule has 3 saturated heterocycles. The molecule has 0 aromatic heterocycles. The summed E-state index contributed by atoms with van der Waals surface area (Å²) in [4.78, 5) is 29.8. The van der Waals surface area contributed by atoms with Crippen molar-refractivity contribution in [2.45, 2.75) is 25.7 Å². The molecule has 3 fully saturated rings. The van der Waals surface area contributed by atoms with E-state index in [9.17, 15) is 9.59 Å². The van der Waals surface area contributed by atoms with Crippen molar-refractivity contribution in [3.05, 3.63) is 29.3 Å². The highest BCUT2D eigenvalue weighted by Gasteiger charge is 2.52. The average Bonchev–Trinajstić information content (AvgIpc) is 3.33. The summed E-state index contributed by atoms with van der Waals surface area (Å²) in [7, 11) is 0. The summed E-state index contributed by atoms with van der Waals surface area (Å²) < 4.78 is 5.56. The Hall–Kier alpha value is -1.79. The van der Waals surface area contributed by atoms with Crippen molar-refractivity contribution in [3.8, 4) is 0 Å². The van der Waals surface area contributed by atoms with E-state index in [4.69, 9.17) is 16.3 Å². The van der Waals surface area contributed by atoms with E-state index in [1.54, 1.807) is 29.2 Å². The molecule has 27 heavy (non-hydrogen) atoms. The highest BCUT2D eigenvalue weighted by Crippen LogP contribution is 2.45. The number of anilines is 1. The van der Waals surface area contributed by atoms with E-state index in [-0.39, 0.29) is 23.3 Å². The summed E-state index contributed by atoms with van der Waals surface area (Å²) in [5.41, 5.74) is 0.551. The van der Waals surface area contributed by atoms with Gasteiger partial charge in [-0.25, -0.2) is 4.79 Å². The number of benzene rings is 1. The van der Waals surface area contributed by atoms with Crippen molar-refractivity contribution in [3.63, 3.8) is 0 Å². The number of nitrogens with one attached hydrogen (secondary N) is 1. The minimum atomic E-state index is -0.157. The highest BCUT2D eigenvalue weighted by atomic mass is 35.5. The van der Waals surface area contributed by atoms with Crippen LogP contribution in [0.2, 0.25) is 5.02 Å². The fraction of sp³-hybridized carbons (Fsp3) is 0.600. The summed E-state index contributed by atoms with van der Waals surface area (Å²) in [6.07, 6.45) is 3.83. The lowest BCUT2D eigenvalue weighted by Crippen LogP contribution is -2.45. The van der Waals surface area contributed by atoms with E-state index in [1.165, 1.54) is 0 Å². The fourth-order valence-electron chi connectivity index (χ4n) is 4.64. The van der Waals surface area contributed by atoms with Crippen LogP contribution in [0.25, 0.3) is 0 Å². The van der Waals surface area contributed by atoms with Gasteiger partial charge in [0, 0.05) is 55.5 Å². The number of likely N-dealkylation sites (tertiary alicyclic amines) is 2. The second-order valence-electron chi connectivity index (χ2n) is 7.88. The van der Waals surface area contributed by atoms with Gasteiger partial charge >= 0.3 is 6.03 Å². The molecule has 3 aliphatic heterocycles. The van der Waals surface area contributed by atoms with Crippen molar-refractivity contribution in [2.24, 2.45) is 11.3 Å². The van der Waals surface area contributed by atoms with Crippen LogP contribution in [0.3, 0.4) is 0 Å². The summed E-state index contributed by atoms with van der Waals surface area (Å²) in [6, 6.07) is 6.92. The Morgan fingerprint density at radius 2 is 1.74 bits per heavy atom. The van der Waals surface area contributed by atoms with Gasteiger partial charge in [0.1, 0.15) is 0 Å². The Morgan fingerprint density at radius 1 is 1.07 bits per heavy atom. The summed E-state index contributed by atoms with van der Waals surface area (Å²) >= 11 is 5.91. The third-order valence-corrected chi connectivity index (χ3v) is 6.49. The van der Waals surface area contributed by atoms with Gasteiger partial charge in [-0.2, -0.15) is 0 Å². The molecule has 3 heterocycles. The quantitative estimate of drug-likeness (QED) is 0.841. The van der Waals surface area contributed by atoms with Crippen LogP contribution in [-0.2, 0) is 9.53 Å².